The van der Waals surface area contributed by atoms with E-state index in [1.807, 2.05) is 0 Å². The smallest absolute Gasteiger partial charge is 0.315 e. The number of rotatable bonds is 5. The van der Waals surface area contributed by atoms with E-state index in [9.17, 15) is 9.18 Å². The van der Waals surface area contributed by atoms with Gasteiger partial charge in [-0.25, -0.2) is 4.39 Å². The number of benzene rings is 1. The van der Waals surface area contributed by atoms with Crippen molar-refractivity contribution in [2.75, 3.05) is 6.61 Å². The number of nitrogens with zero attached hydrogens (tertiary/aromatic N) is 2. The summed E-state index contributed by atoms with van der Waals surface area (Å²) in [6, 6.07) is 6.15. The number of halogens is 1. The van der Waals surface area contributed by atoms with Gasteiger partial charge in [-0.15, -0.1) is 0 Å². The summed E-state index contributed by atoms with van der Waals surface area (Å²) in [7, 11) is 0. The number of carbonyl (C=O) groups is 1. The van der Waals surface area contributed by atoms with Crippen LogP contribution in [0.5, 0.6) is 0 Å². The average Bonchev–Trinajstić information content (AvgIpc) is 2.76. The lowest BCUT2D eigenvalue weighted by molar-refractivity contribution is -0.142. The van der Waals surface area contributed by atoms with E-state index in [1.165, 1.54) is 12.1 Å². The first-order chi connectivity index (χ1) is 9.17. The molecule has 2 aromatic rings. The van der Waals surface area contributed by atoms with Crippen molar-refractivity contribution in [3.8, 4) is 0 Å². The van der Waals surface area contributed by atoms with Crippen LogP contribution in [-0.4, -0.2) is 22.7 Å². The Morgan fingerprint density at radius 1 is 1.47 bits per heavy atom. The van der Waals surface area contributed by atoms with Gasteiger partial charge in [0.15, 0.2) is 5.82 Å². The van der Waals surface area contributed by atoms with Gasteiger partial charge in [-0.3, -0.25) is 4.79 Å². The van der Waals surface area contributed by atoms with Gasteiger partial charge in [0.25, 0.3) is 0 Å². The highest BCUT2D eigenvalue weighted by atomic mass is 19.1. The van der Waals surface area contributed by atoms with E-state index >= 15 is 0 Å². The highest BCUT2D eigenvalue weighted by Crippen LogP contribution is 2.09. The van der Waals surface area contributed by atoms with Crippen LogP contribution >= 0.6 is 0 Å². The fourth-order valence-electron chi connectivity index (χ4n) is 1.60. The molecule has 0 aliphatic heterocycles. The molecule has 0 amide bonds. The number of ether oxygens (including phenoxy) is 1. The fourth-order valence-corrected chi connectivity index (χ4v) is 1.60. The maximum atomic E-state index is 13.0. The molecule has 0 N–H and O–H groups in total. The molecular weight excluding hydrogens is 251 g/mol. The Labute approximate surface area is 109 Å². The lowest BCUT2D eigenvalue weighted by Crippen LogP contribution is -2.07. The van der Waals surface area contributed by atoms with Crippen molar-refractivity contribution in [2.24, 2.45) is 0 Å². The molecule has 5 nitrogen and oxygen atoms in total. The van der Waals surface area contributed by atoms with E-state index in [4.69, 9.17) is 9.26 Å². The second-order valence-electron chi connectivity index (χ2n) is 3.89. The first-order valence-corrected chi connectivity index (χ1v) is 5.89. The van der Waals surface area contributed by atoms with Crippen molar-refractivity contribution in [3.05, 3.63) is 47.4 Å². The summed E-state index contributed by atoms with van der Waals surface area (Å²) >= 11 is 0. The third kappa shape index (κ3) is 3.87. The van der Waals surface area contributed by atoms with Crippen LogP contribution in [-0.2, 0) is 22.4 Å². The minimum Gasteiger partial charge on any atom is -0.466 e. The van der Waals surface area contributed by atoms with Gasteiger partial charge < -0.3 is 9.26 Å². The maximum absolute atomic E-state index is 13.0. The summed E-state index contributed by atoms with van der Waals surface area (Å²) < 4.78 is 22.7. The Bertz CT molecular complexity index is 569. The molecule has 1 aromatic heterocycles. The monoisotopic (exact) mass is 264 g/mol. The van der Waals surface area contributed by atoms with Crippen LogP contribution < -0.4 is 0 Å². The summed E-state index contributed by atoms with van der Waals surface area (Å²) in [5, 5.41) is 3.74. The Hall–Kier alpha value is -2.24. The molecule has 2 rings (SSSR count). The first kappa shape index (κ1) is 13.2. The van der Waals surface area contributed by atoms with Crippen LogP contribution in [0.3, 0.4) is 0 Å². The van der Waals surface area contributed by atoms with Gasteiger partial charge in [-0.1, -0.05) is 17.3 Å². The molecule has 0 radical (unpaired) electrons. The first-order valence-electron chi connectivity index (χ1n) is 5.89. The zero-order chi connectivity index (χ0) is 13.7. The van der Waals surface area contributed by atoms with Gasteiger partial charge in [0, 0.05) is 6.42 Å². The lowest BCUT2D eigenvalue weighted by Gasteiger charge is -1.97. The zero-order valence-electron chi connectivity index (χ0n) is 10.4. The van der Waals surface area contributed by atoms with E-state index in [0.29, 0.717) is 18.9 Å². The van der Waals surface area contributed by atoms with Crippen molar-refractivity contribution in [3.63, 3.8) is 0 Å². The molecule has 100 valence electrons. The van der Waals surface area contributed by atoms with E-state index in [-0.39, 0.29) is 18.1 Å². The number of hydrogen-bond acceptors (Lipinski definition) is 5. The SMILES string of the molecule is CCOC(=O)Cc1nc(Cc2cccc(F)c2)no1. The van der Waals surface area contributed by atoms with E-state index < -0.39 is 5.97 Å². The summed E-state index contributed by atoms with van der Waals surface area (Å²) in [6.45, 7) is 2.03. The Kier molecular flexibility index (Phi) is 4.22. The molecule has 6 heteroatoms. The Balaban J connectivity index is 1.99. The molecule has 1 aromatic carbocycles. The minimum atomic E-state index is -0.413. The van der Waals surface area contributed by atoms with Gasteiger partial charge >= 0.3 is 5.97 Å². The predicted octanol–water partition coefficient (Wildman–Crippen LogP) is 1.91. The van der Waals surface area contributed by atoms with Crippen LogP contribution in [0.15, 0.2) is 28.8 Å². The average molecular weight is 264 g/mol. The van der Waals surface area contributed by atoms with Crippen molar-refractivity contribution < 1.29 is 18.4 Å². The summed E-state index contributed by atoms with van der Waals surface area (Å²) in [6.07, 6.45) is 0.300. The quantitative estimate of drug-likeness (QED) is 0.772. The van der Waals surface area contributed by atoms with E-state index in [2.05, 4.69) is 10.1 Å². The molecule has 0 aliphatic carbocycles. The van der Waals surface area contributed by atoms with Crippen molar-refractivity contribution in [1.29, 1.82) is 0 Å². The lowest BCUT2D eigenvalue weighted by atomic mass is 10.1. The van der Waals surface area contributed by atoms with Gasteiger partial charge in [0.05, 0.1) is 6.61 Å². The molecule has 0 aliphatic rings. The van der Waals surface area contributed by atoms with Gasteiger partial charge in [-0.2, -0.15) is 4.98 Å². The van der Waals surface area contributed by atoms with Crippen LogP contribution in [0.1, 0.15) is 24.2 Å². The third-order valence-electron chi connectivity index (χ3n) is 2.36. The Morgan fingerprint density at radius 2 is 2.32 bits per heavy atom. The minimum absolute atomic E-state index is 0.0516. The fraction of sp³-hybridized carbons (Fsp3) is 0.308. The molecule has 0 unspecified atom stereocenters. The second kappa shape index (κ2) is 6.08. The summed E-state index contributed by atoms with van der Waals surface area (Å²) in [5.74, 6) is -0.119. The highest BCUT2D eigenvalue weighted by molar-refractivity contribution is 5.71. The van der Waals surface area contributed by atoms with Crippen molar-refractivity contribution >= 4 is 5.97 Å². The van der Waals surface area contributed by atoms with Crippen LogP contribution in [0.2, 0.25) is 0 Å². The molecule has 1 heterocycles. The zero-order valence-corrected chi connectivity index (χ0v) is 10.4. The van der Waals surface area contributed by atoms with Gasteiger partial charge in [0.1, 0.15) is 12.2 Å². The normalized spacial score (nSPS) is 10.4. The molecule has 0 atom stereocenters. The summed E-state index contributed by atoms with van der Waals surface area (Å²) in [4.78, 5) is 15.3. The maximum Gasteiger partial charge on any atom is 0.315 e. The van der Waals surface area contributed by atoms with Crippen molar-refractivity contribution in [1.82, 2.24) is 10.1 Å². The number of carbonyl (C=O) groups excluding carboxylic acids is 1. The number of hydrogen-bond donors (Lipinski definition) is 0. The number of aromatic nitrogens is 2. The highest BCUT2D eigenvalue weighted by Gasteiger charge is 2.12. The molecule has 0 bridgehead atoms. The molecule has 19 heavy (non-hydrogen) atoms. The molecule has 0 saturated heterocycles. The van der Waals surface area contributed by atoms with Gasteiger partial charge in [0.2, 0.25) is 5.89 Å². The third-order valence-corrected chi connectivity index (χ3v) is 2.36. The molecule has 0 saturated carbocycles. The van der Waals surface area contributed by atoms with E-state index in [1.54, 1.807) is 19.1 Å². The van der Waals surface area contributed by atoms with Crippen LogP contribution in [0.25, 0.3) is 0 Å². The molecule has 0 spiro atoms. The van der Waals surface area contributed by atoms with Crippen LogP contribution in [0, 0.1) is 5.82 Å². The standard InChI is InChI=1S/C13H13FN2O3/c1-2-18-13(17)8-12-15-11(16-19-12)7-9-4-3-5-10(14)6-9/h3-6H,2,7-8H2,1H3. The topological polar surface area (TPSA) is 65.2 Å². The summed E-state index contributed by atoms with van der Waals surface area (Å²) in [5.41, 5.74) is 0.739. The molecule has 0 fully saturated rings. The van der Waals surface area contributed by atoms with Gasteiger partial charge in [-0.05, 0) is 24.6 Å². The number of esters is 1. The largest absolute Gasteiger partial charge is 0.466 e. The second-order valence-corrected chi connectivity index (χ2v) is 3.89. The Morgan fingerprint density at radius 3 is 3.05 bits per heavy atom. The van der Waals surface area contributed by atoms with E-state index in [0.717, 1.165) is 5.56 Å². The van der Waals surface area contributed by atoms with Crippen LogP contribution in [0.4, 0.5) is 4.39 Å². The predicted molar refractivity (Wildman–Crippen MR) is 63.8 cm³/mol. The van der Waals surface area contributed by atoms with Crippen molar-refractivity contribution in [2.45, 2.75) is 19.8 Å². The molecular formula is C13H13FN2O3.